The van der Waals surface area contributed by atoms with E-state index in [2.05, 4.69) is 4.74 Å². The van der Waals surface area contributed by atoms with Gasteiger partial charge in [0.05, 0.1) is 52.3 Å². The van der Waals surface area contributed by atoms with Crippen molar-refractivity contribution in [2.45, 2.75) is 134 Å². The van der Waals surface area contributed by atoms with Gasteiger partial charge in [-0.2, -0.15) is 0 Å². The third-order valence-electron chi connectivity index (χ3n) is 9.36. The van der Waals surface area contributed by atoms with Gasteiger partial charge in [-0.3, -0.25) is 14.4 Å². The first kappa shape index (κ1) is 67.1. The van der Waals surface area contributed by atoms with Crippen LogP contribution in [0.15, 0.2) is 0 Å². The molecule has 0 spiro atoms. The summed E-state index contributed by atoms with van der Waals surface area (Å²) in [5.74, 6) is -12.2. The summed E-state index contributed by atoms with van der Waals surface area (Å²) in [6.07, 6.45) is -28.4. The number of rotatable bonds is 20. The van der Waals surface area contributed by atoms with Crippen molar-refractivity contribution in [3.63, 3.8) is 0 Å². The largest absolute Gasteiger partial charge is 0.481 e. The van der Waals surface area contributed by atoms with Crippen LogP contribution in [0.2, 0.25) is 0 Å². The first-order valence-corrected chi connectivity index (χ1v) is 19.2. The number of hydrogen-bond donors (Lipinski definition) is 25. The SMILES string of the molecule is O=C(O)CC(O)(CC(=O)O)C(=O)O.O=C(O)CC(O)C(=O)O.O=C[C@H](O)[C@@H](O)[C@H](O)[C@H](O)CO.OC[C@H]1O[C@@](CO)(O[C@H]2O[C@H](CO)[C@@H](O)[C@H](O)[C@H]2O)[C@@H](O)[C@@H]1O.OC[C@H]1O[C@](O)(CO)[C@@H](O)[C@@H]1O. The summed E-state index contributed by atoms with van der Waals surface area (Å²) in [5, 5.41) is 223. The number of aldehydes is 1. The third kappa shape index (κ3) is 20.0. The monoisotopic (exact) mass is 1030 g/mol. The lowest BCUT2D eigenvalue weighted by Gasteiger charge is -2.43. The fourth-order valence-electron chi connectivity index (χ4n) is 5.36. The Labute approximate surface area is 385 Å². The van der Waals surface area contributed by atoms with Crippen LogP contribution in [0.4, 0.5) is 0 Å². The molecular weight excluding hydrogens is 968 g/mol. The molecule has 0 radical (unpaired) electrons. The zero-order valence-electron chi connectivity index (χ0n) is 35.4. The minimum Gasteiger partial charge on any atom is -0.481 e. The minimum absolute atomic E-state index is 0.0258. The van der Waals surface area contributed by atoms with Gasteiger partial charge in [0.25, 0.3) is 0 Å². The van der Waals surface area contributed by atoms with Gasteiger partial charge < -0.3 is 151 Å². The van der Waals surface area contributed by atoms with E-state index in [9.17, 15) is 64.5 Å². The molecule has 0 bridgehead atoms. The number of aliphatic hydroxyl groups excluding tert-OH is 18. The van der Waals surface area contributed by atoms with Gasteiger partial charge in [-0.05, 0) is 0 Å². The smallest absolute Gasteiger partial charge is 0.336 e. The molecule has 3 fully saturated rings. The van der Waals surface area contributed by atoms with E-state index >= 15 is 0 Å². The maximum absolute atomic E-state index is 10.3. The summed E-state index contributed by atoms with van der Waals surface area (Å²) < 4.78 is 20.1. The van der Waals surface area contributed by atoms with E-state index in [1.807, 2.05) is 0 Å². The highest BCUT2D eigenvalue weighted by Crippen LogP contribution is 2.36. The maximum Gasteiger partial charge on any atom is 0.336 e. The van der Waals surface area contributed by atoms with Gasteiger partial charge in [0.1, 0.15) is 92.1 Å². The predicted octanol–water partition coefficient (Wildman–Crippen LogP) is -14.3. The highest BCUT2D eigenvalue weighted by Gasteiger charge is 2.58. The average molecular weight is 1030 g/mol. The van der Waals surface area contributed by atoms with Crippen LogP contribution in [0.3, 0.4) is 0 Å². The molecule has 35 nitrogen and oxygen atoms in total. The summed E-state index contributed by atoms with van der Waals surface area (Å²) in [4.78, 5) is 59.8. The zero-order valence-corrected chi connectivity index (χ0v) is 35.4. The predicted molar refractivity (Wildman–Crippen MR) is 205 cm³/mol. The van der Waals surface area contributed by atoms with Crippen molar-refractivity contribution in [1.29, 1.82) is 0 Å². The lowest BCUT2D eigenvalue weighted by Crippen LogP contribution is -2.62. The molecule has 0 aromatic carbocycles. The highest BCUT2D eigenvalue weighted by molar-refractivity contribution is 5.88. The van der Waals surface area contributed by atoms with Gasteiger partial charge in [-0.25, -0.2) is 9.59 Å². The second-order valence-corrected chi connectivity index (χ2v) is 14.6. The summed E-state index contributed by atoms with van der Waals surface area (Å²) >= 11 is 0. The molecule has 1 unspecified atom stereocenters. The Morgan fingerprint density at radius 3 is 1.38 bits per heavy atom. The Hall–Kier alpha value is -3.94. The molecule has 0 aromatic heterocycles. The van der Waals surface area contributed by atoms with E-state index in [1.54, 1.807) is 0 Å². The topological polar surface area (TPSA) is 645 Å². The Balaban J connectivity index is 0. The van der Waals surface area contributed by atoms with Gasteiger partial charge in [0, 0.05) is 0 Å². The number of carboxylic acid groups (broad SMARTS) is 5. The quantitative estimate of drug-likeness (QED) is 0.0504. The fraction of sp³-hybridized carbons (Fsp3) is 0.824. The Morgan fingerprint density at radius 1 is 0.609 bits per heavy atom. The van der Waals surface area contributed by atoms with Gasteiger partial charge in [-0.1, -0.05) is 0 Å². The zero-order chi connectivity index (χ0) is 54.5. The highest BCUT2D eigenvalue weighted by atomic mass is 16.8. The van der Waals surface area contributed by atoms with Crippen LogP contribution >= 0.6 is 0 Å². The summed E-state index contributed by atoms with van der Waals surface area (Å²) in [7, 11) is 0. The van der Waals surface area contributed by atoms with Crippen LogP contribution in [-0.4, -0.2) is 318 Å². The fourth-order valence-corrected chi connectivity index (χ4v) is 5.36. The van der Waals surface area contributed by atoms with Crippen molar-refractivity contribution < 1.29 is 175 Å². The summed E-state index contributed by atoms with van der Waals surface area (Å²) in [6, 6.07) is 0. The van der Waals surface area contributed by atoms with Gasteiger partial charge >= 0.3 is 29.8 Å². The van der Waals surface area contributed by atoms with Crippen molar-refractivity contribution in [2.75, 3.05) is 39.6 Å². The lowest BCUT2D eigenvalue weighted by molar-refractivity contribution is -0.383. The number of ether oxygens (including phenoxy) is 4. The third-order valence-corrected chi connectivity index (χ3v) is 9.36. The molecule has 0 aliphatic carbocycles. The van der Waals surface area contributed by atoms with Crippen LogP contribution in [-0.2, 0) is 47.7 Å². The minimum atomic E-state index is -2.74. The number of carboxylic acids is 5. The average Bonchev–Trinajstić information content (AvgIpc) is 3.67. The van der Waals surface area contributed by atoms with Gasteiger partial charge in [0.15, 0.2) is 24.3 Å². The van der Waals surface area contributed by atoms with Crippen LogP contribution < -0.4 is 0 Å². The molecule has 406 valence electrons. The lowest BCUT2D eigenvalue weighted by atomic mass is 9.96. The molecule has 35 heteroatoms. The number of aliphatic carboxylic acids is 5. The van der Waals surface area contributed by atoms with Crippen LogP contribution in [0.1, 0.15) is 19.3 Å². The van der Waals surface area contributed by atoms with Crippen molar-refractivity contribution in [1.82, 2.24) is 0 Å². The Kier molecular flexibility index (Phi) is 29.9. The molecule has 18 atom stereocenters. The molecule has 3 heterocycles. The normalized spacial score (nSPS) is 32.8. The summed E-state index contributed by atoms with van der Waals surface area (Å²) in [6.45, 7) is -4.44. The van der Waals surface area contributed by atoms with Crippen molar-refractivity contribution in [2.24, 2.45) is 0 Å². The molecule has 25 N–H and O–H groups in total. The van der Waals surface area contributed by atoms with E-state index in [1.165, 1.54) is 0 Å². The van der Waals surface area contributed by atoms with Crippen LogP contribution in [0.5, 0.6) is 0 Å². The first-order valence-electron chi connectivity index (χ1n) is 19.2. The molecule has 0 aromatic rings. The van der Waals surface area contributed by atoms with E-state index in [0.717, 1.165) is 0 Å². The molecule has 69 heavy (non-hydrogen) atoms. The van der Waals surface area contributed by atoms with E-state index < -0.39 is 204 Å². The number of carbonyl (C=O) groups is 6. The molecule has 3 aliphatic heterocycles. The number of hydrogen-bond acceptors (Lipinski definition) is 30. The molecular formula is C34H60O35. The van der Waals surface area contributed by atoms with E-state index in [0.29, 0.717) is 0 Å². The molecule has 0 saturated carbocycles. The number of aliphatic hydroxyl groups is 20. The standard InChI is InChI=1S/C12H22O11.C6H8O7.2C6H12O6.C4H6O5/c13-1-4-6(16)8(18)9(19)11(21-4)23-12(3-15)10(20)7(17)5(2-14)22-12;7-3(8)1-6(13,5(11)12)2-4(9)10;7-1-3-4(9)5(10)6(11,2-8)12-3;7-1-3(9)5(11)6(12)4(10)2-8;5-2(4(8)9)1-3(6)7/h4-11,13-20H,1-3H2;13H,1-2H2,(H,7,8)(H,9,10)(H,11,12);3-5,7-11H,1-2H2;1,3-6,8-12H,2H2;2,5H,1H2,(H,6,7)(H,8,9)/t4-,5-,6-,7-,8+,9-,10+,11-,12+;;3-,4-,5+,6-;3-,4+,5+,6+;/m1.10./s1. The number of carbonyl (C=O) groups excluding carboxylic acids is 1. The van der Waals surface area contributed by atoms with Crippen molar-refractivity contribution in [3.8, 4) is 0 Å². The van der Waals surface area contributed by atoms with E-state index in [-0.39, 0.29) is 6.29 Å². The second-order valence-electron chi connectivity index (χ2n) is 14.6. The van der Waals surface area contributed by atoms with E-state index in [4.69, 9.17) is 106 Å². The molecule has 0 amide bonds. The van der Waals surface area contributed by atoms with Crippen molar-refractivity contribution in [3.05, 3.63) is 0 Å². The van der Waals surface area contributed by atoms with Crippen LogP contribution in [0, 0.1) is 0 Å². The molecule has 3 saturated heterocycles. The van der Waals surface area contributed by atoms with Crippen molar-refractivity contribution >= 4 is 36.1 Å². The summed E-state index contributed by atoms with van der Waals surface area (Å²) in [5.41, 5.74) is -2.74. The van der Waals surface area contributed by atoms with Gasteiger partial charge in [-0.15, -0.1) is 0 Å². The Bertz CT molecular complexity index is 1550. The Morgan fingerprint density at radius 2 is 1.07 bits per heavy atom. The first-order chi connectivity index (χ1) is 31.7. The van der Waals surface area contributed by atoms with Gasteiger partial charge in [0.2, 0.25) is 11.6 Å². The molecule has 3 aliphatic rings. The second kappa shape index (κ2) is 30.7. The van der Waals surface area contributed by atoms with Crippen LogP contribution in [0.25, 0.3) is 0 Å². The molecule has 3 rings (SSSR count). The maximum atomic E-state index is 10.3.